The van der Waals surface area contributed by atoms with Crippen LogP contribution in [0.15, 0.2) is 24.3 Å². The smallest absolute Gasteiger partial charge is 0.305 e. The zero-order chi connectivity index (χ0) is 16.9. The van der Waals surface area contributed by atoms with Gasteiger partial charge in [-0.25, -0.2) is 0 Å². The van der Waals surface area contributed by atoms with Gasteiger partial charge in [-0.15, -0.1) is 0 Å². The fourth-order valence-corrected chi connectivity index (χ4v) is 2.81. The summed E-state index contributed by atoms with van der Waals surface area (Å²) in [7, 11) is 1.59. The lowest BCUT2D eigenvalue weighted by Gasteiger charge is -2.37. The summed E-state index contributed by atoms with van der Waals surface area (Å²) in [5.41, 5.74) is 0.142. The van der Waals surface area contributed by atoms with Crippen molar-refractivity contribution in [3.05, 3.63) is 29.8 Å². The fraction of sp³-hybridized carbons (Fsp3) is 0.529. The number of ether oxygens (including phenoxy) is 2. The SMILES string of the molecule is COc1ccc(C(C)C(=O)NC2(CC(=O)O)CCOCC2)cc1. The average Bonchev–Trinajstić information content (AvgIpc) is 2.54. The first-order chi connectivity index (χ1) is 11.0. The van der Waals surface area contributed by atoms with E-state index in [1.54, 1.807) is 19.2 Å². The summed E-state index contributed by atoms with van der Waals surface area (Å²) in [6, 6.07) is 7.30. The zero-order valence-electron chi connectivity index (χ0n) is 13.5. The molecule has 1 aromatic carbocycles. The minimum atomic E-state index is -0.913. The first-order valence-corrected chi connectivity index (χ1v) is 7.71. The Balaban J connectivity index is 2.08. The Labute approximate surface area is 135 Å². The Kier molecular flexibility index (Phi) is 5.60. The van der Waals surface area contributed by atoms with E-state index in [1.165, 1.54) is 0 Å². The third-order valence-corrected chi connectivity index (χ3v) is 4.34. The number of carboxylic acid groups (broad SMARTS) is 1. The summed E-state index contributed by atoms with van der Waals surface area (Å²) in [5.74, 6) is -0.717. The number of amides is 1. The summed E-state index contributed by atoms with van der Waals surface area (Å²) >= 11 is 0. The van der Waals surface area contributed by atoms with E-state index < -0.39 is 11.5 Å². The van der Waals surface area contributed by atoms with Crippen molar-refractivity contribution in [3.8, 4) is 5.75 Å². The average molecular weight is 321 g/mol. The molecule has 126 valence electrons. The highest BCUT2D eigenvalue weighted by Crippen LogP contribution is 2.27. The lowest BCUT2D eigenvalue weighted by Crippen LogP contribution is -2.54. The molecule has 0 aliphatic carbocycles. The molecule has 0 spiro atoms. The molecule has 1 unspecified atom stereocenters. The number of carbonyl (C=O) groups is 2. The Hall–Kier alpha value is -2.08. The van der Waals surface area contributed by atoms with E-state index in [0.29, 0.717) is 26.1 Å². The number of methoxy groups -OCH3 is 1. The topological polar surface area (TPSA) is 84.9 Å². The van der Waals surface area contributed by atoms with Gasteiger partial charge in [-0.2, -0.15) is 0 Å². The van der Waals surface area contributed by atoms with E-state index >= 15 is 0 Å². The van der Waals surface area contributed by atoms with Crippen LogP contribution in [0.1, 0.15) is 37.7 Å². The highest BCUT2D eigenvalue weighted by Gasteiger charge is 2.37. The number of hydrogen-bond acceptors (Lipinski definition) is 4. The van der Waals surface area contributed by atoms with E-state index in [2.05, 4.69) is 5.32 Å². The summed E-state index contributed by atoms with van der Waals surface area (Å²) in [6.45, 7) is 2.74. The van der Waals surface area contributed by atoms with Gasteiger partial charge in [0.25, 0.3) is 0 Å². The van der Waals surface area contributed by atoms with Crippen LogP contribution in [0.5, 0.6) is 5.75 Å². The standard InChI is InChI=1S/C17H23NO5/c1-12(13-3-5-14(22-2)6-4-13)16(21)18-17(11-15(19)20)7-9-23-10-8-17/h3-6,12H,7-11H2,1-2H3,(H,18,21)(H,19,20). The van der Waals surface area contributed by atoms with E-state index in [9.17, 15) is 9.59 Å². The molecule has 2 rings (SSSR count). The molecule has 1 aliphatic heterocycles. The number of carboxylic acids is 1. The van der Waals surface area contributed by atoms with Crippen molar-refractivity contribution >= 4 is 11.9 Å². The van der Waals surface area contributed by atoms with Crippen molar-refractivity contribution < 1.29 is 24.2 Å². The molecule has 6 nitrogen and oxygen atoms in total. The minimum Gasteiger partial charge on any atom is -0.497 e. The van der Waals surface area contributed by atoms with Crippen LogP contribution in [0, 0.1) is 0 Å². The number of hydrogen-bond donors (Lipinski definition) is 2. The van der Waals surface area contributed by atoms with Gasteiger partial charge >= 0.3 is 5.97 Å². The zero-order valence-corrected chi connectivity index (χ0v) is 13.5. The van der Waals surface area contributed by atoms with Crippen LogP contribution >= 0.6 is 0 Å². The Bertz CT molecular complexity index is 549. The minimum absolute atomic E-state index is 0.0859. The lowest BCUT2D eigenvalue weighted by atomic mass is 9.85. The van der Waals surface area contributed by atoms with Gasteiger partial charge in [0.1, 0.15) is 5.75 Å². The Morgan fingerprint density at radius 1 is 1.30 bits per heavy atom. The van der Waals surface area contributed by atoms with Crippen molar-refractivity contribution in [2.75, 3.05) is 20.3 Å². The van der Waals surface area contributed by atoms with Crippen LogP contribution in [0.25, 0.3) is 0 Å². The molecular weight excluding hydrogens is 298 g/mol. The second-order valence-electron chi connectivity index (χ2n) is 5.95. The van der Waals surface area contributed by atoms with Crippen LogP contribution in [0.2, 0.25) is 0 Å². The molecular formula is C17H23NO5. The maximum atomic E-state index is 12.6. The summed E-state index contributed by atoms with van der Waals surface area (Å²) in [5, 5.41) is 12.1. The molecule has 1 atom stereocenters. The first kappa shape index (κ1) is 17.3. The molecule has 2 N–H and O–H groups in total. The van der Waals surface area contributed by atoms with Gasteiger partial charge in [-0.1, -0.05) is 12.1 Å². The van der Waals surface area contributed by atoms with Crippen molar-refractivity contribution in [1.29, 1.82) is 0 Å². The third kappa shape index (κ3) is 4.45. The van der Waals surface area contributed by atoms with E-state index in [1.807, 2.05) is 19.1 Å². The van der Waals surface area contributed by atoms with Gasteiger partial charge in [0.05, 0.1) is 25.0 Å². The monoisotopic (exact) mass is 321 g/mol. The molecule has 0 aromatic heterocycles. The maximum absolute atomic E-state index is 12.6. The predicted molar refractivity (Wildman–Crippen MR) is 84.6 cm³/mol. The highest BCUT2D eigenvalue weighted by molar-refractivity contribution is 5.84. The Morgan fingerprint density at radius 3 is 2.43 bits per heavy atom. The van der Waals surface area contributed by atoms with Gasteiger partial charge < -0.3 is 19.9 Å². The number of rotatable bonds is 6. The van der Waals surface area contributed by atoms with Crippen molar-refractivity contribution in [2.24, 2.45) is 0 Å². The quantitative estimate of drug-likeness (QED) is 0.836. The molecule has 1 heterocycles. The molecule has 0 radical (unpaired) electrons. The number of carbonyl (C=O) groups excluding carboxylic acids is 1. The Morgan fingerprint density at radius 2 is 1.91 bits per heavy atom. The third-order valence-electron chi connectivity index (χ3n) is 4.34. The second kappa shape index (κ2) is 7.46. The largest absolute Gasteiger partial charge is 0.497 e. The van der Waals surface area contributed by atoms with Gasteiger partial charge in [-0.05, 0) is 37.5 Å². The van der Waals surface area contributed by atoms with Crippen molar-refractivity contribution in [3.63, 3.8) is 0 Å². The van der Waals surface area contributed by atoms with Crippen molar-refractivity contribution in [2.45, 2.75) is 37.6 Å². The maximum Gasteiger partial charge on any atom is 0.305 e. The first-order valence-electron chi connectivity index (χ1n) is 7.71. The van der Waals surface area contributed by atoms with Crippen LogP contribution in [0.4, 0.5) is 0 Å². The van der Waals surface area contributed by atoms with Gasteiger partial charge in [-0.3, -0.25) is 9.59 Å². The van der Waals surface area contributed by atoms with E-state index in [4.69, 9.17) is 14.6 Å². The van der Waals surface area contributed by atoms with Gasteiger partial charge in [0.2, 0.25) is 5.91 Å². The highest BCUT2D eigenvalue weighted by atomic mass is 16.5. The second-order valence-corrected chi connectivity index (χ2v) is 5.95. The number of benzene rings is 1. The molecule has 6 heteroatoms. The van der Waals surface area contributed by atoms with Crippen LogP contribution < -0.4 is 10.1 Å². The van der Waals surface area contributed by atoms with Crippen LogP contribution in [-0.4, -0.2) is 42.8 Å². The predicted octanol–water partition coefficient (Wildman–Crippen LogP) is 1.94. The molecule has 1 aromatic rings. The molecule has 23 heavy (non-hydrogen) atoms. The molecule has 1 saturated heterocycles. The molecule has 1 fully saturated rings. The molecule has 1 amide bonds. The molecule has 0 saturated carbocycles. The van der Waals surface area contributed by atoms with Gasteiger partial charge in [0, 0.05) is 13.2 Å². The normalized spacial score (nSPS) is 18.0. The van der Waals surface area contributed by atoms with Gasteiger partial charge in [0.15, 0.2) is 0 Å². The van der Waals surface area contributed by atoms with E-state index in [-0.39, 0.29) is 18.2 Å². The van der Waals surface area contributed by atoms with Crippen molar-refractivity contribution in [1.82, 2.24) is 5.32 Å². The van der Waals surface area contributed by atoms with Crippen LogP contribution in [-0.2, 0) is 14.3 Å². The number of aliphatic carboxylic acids is 1. The lowest BCUT2D eigenvalue weighted by molar-refractivity contribution is -0.140. The van der Waals surface area contributed by atoms with E-state index in [0.717, 1.165) is 11.3 Å². The summed E-state index contributed by atoms with van der Waals surface area (Å²) < 4.78 is 10.4. The number of nitrogens with one attached hydrogen (secondary N) is 1. The molecule has 0 bridgehead atoms. The van der Waals surface area contributed by atoms with Crippen LogP contribution in [0.3, 0.4) is 0 Å². The fourth-order valence-electron chi connectivity index (χ4n) is 2.81. The summed E-state index contributed by atoms with van der Waals surface area (Å²) in [6.07, 6.45) is 0.943. The molecule has 1 aliphatic rings. The summed E-state index contributed by atoms with van der Waals surface area (Å²) in [4.78, 5) is 23.7.